The smallest absolute Gasteiger partial charge is 0.189 e. The number of carbonyl (C=O) groups excluding carboxylic acids is 1. The van der Waals surface area contributed by atoms with Gasteiger partial charge in [0.15, 0.2) is 10.9 Å². The van der Waals surface area contributed by atoms with E-state index in [1.54, 1.807) is 30.1 Å². The molecule has 0 fully saturated rings. The van der Waals surface area contributed by atoms with Gasteiger partial charge >= 0.3 is 0 Å². The summed E-state index contributed by atoms with van der Waals surface area (Å²) in [5.41, 5.74) is 2.77. The monoisotopic (exact) mass is 344 g/mol. The average Bonchev–Trinajstić information content (AvgIpc) is 3.10. The van der Waals surface area contributed by atoms with Crippen molar-refractivity contribution in [2.75, 3.05) is 13.4 Å². The molecular weight excluding hydrogens is 324 g/mol. The molecule has 0 N–H and O–H groups in total. The SMILES string of the molecule is CC.COc1cnc(C(C)=O)cc1-c1cc2ccnn2c(SC)n1. The number of carbonyl (C=O) groups is 1. The molecule has 3 rings (SSSR count). The van der Waals surface area contributed by atoms with E-state index in [2.05, 4.69) is 15.1 Å². The lowest BCUT2D eigenvalue weighted by Crippen LogP contribution is -2.02. The van der Waals surface area contributed by atoms with E-state index >= 15 is 0 Å². The Morgan fingerprint density at radius 3 is 2.67 bits per heavy atom. The Labute approximate surface area is 145 Å². The van der Waals surface area contributed by atoms with Crippen molar-refractivity contribution >= 4 is 23.1 Å². The molecule has 7 heteroatoms. The molecule has 0 aliphatic heterocycles. The molecule has 0 spiro atoms. The van der Waals surface area contributed by atoms with Crippen LogP contribution in [0.2, 0.25) is 0 Å². The minimum absolute atomic E-state index is 0.0978. The van der Waals surface area contributed by atoms with Crippen LogP contribution in [0.4, 0.5) is 0 Å². The molecule has 0 amide bonds. The summed E-state index contributed by atoms with van der Waals surface area (Å²) >= 11 is 1.50. The summed E-state index contributed by atoms with van der Waals surface area (Å²) in [6.45, 7) is 5.49. The number of nitrogens with zero attached hydrogens (tertiary/aromatic N) is 4. The van der Waals surface area contributed by atoms with Crippen molar-refractivity contribution in [1.82, 2.24) is 19.6 Å². The van der Waals surface area contributed by atoms with E-state index in [0.717, 1.165) is 21.9 Å². The first-order valence-corrected chi connectivity index (χ1v) is 8.80. The number of Topliss-reactive ketones (excluding diaryl/α,β-unsaturated/α-hetero) is 1. The number of ketones is 1. The second-order valence-corrected chi connectivity index (χ2v) is 5.40. The largest absolute Gasteiger partial charge is 0.494 e. The van der Waals surface area contributed by atoms with Crippen LogP contribution in [0, 0.1) is 0 Å². The highest BCUT2D eigenvalue weighted by Crippen LogP contribution is 2.31. The minimum Gasteiger partial charge on any atom is -0.494 e. The highest BCUT2D eigenvalue weighted by atomic mass is 32.2. The van der Waals surface area contributed by atoms with E-state index in [1.807, 2.05) is 32.2 Å². The number of hydrogen-bond donors (Lipinski definition) is 0. The highest BCUT2D eigenvalue weighted by Gasteiger charge is 2.14. The zero-order valence-corrected chi connectivity index (χ0v) is 15.2. The summed E-state index contributed by atoms with van der Waals surface area (Å²) in [5, 5.41) is 5.01. The summed E-state index contributed by atoms with van der Waals surface area (Å²) in [6, 6.07) is 5.53. The predicted octanol–water partition coefficient (Wildman–Crippen LogP) is 3.75. The summed E-state index contributed by atoms with van der Waals surface area (Å²) in [4.78, 5) is 20.3. The summed E-state index contributed by atoms with van der Waals surface area (Å²) in [5.74, 6) is 0.479. The Balaban J connectivity index is 0.00000100. The quantitative estimate of drug-likeness (QED) is 0.408. The van der Waals surface area contributed by atoms with Gasteiger partial charge in [0.05, 0.1) is 30.7 Å². The third-order valence-corrected chi connectivity index (χ3v) is 3.89. The van der Waals surface area contributed by atoms with E-state index in [9.17, 15) is 4.79 Å². The fraction of sp³-hybridized carbons (Fsp3) is 0.294. The Kier molecular flexibility index (Phi) is 5.92. The van der Waals surface area contributed by atoms with Crippen LogP contribution >= 0.6 is 11.8 Å². The molecule has 0 saturated carbocycles. The predicted molar refractivity (Wildman–Crippen MR) is 95.9 cm³/mol. The molecule has 24 heavy (non-hydrogen) atoms. The number of rotatable bonds is 4. The first-order chi connectivity index (χ1) is 11.6. The van der Waals surface area contributed by atoms with E-state index in [4.69, 9.17) is 4.74 Å². The lowest BCUT2D eigenvalue weighted by Gasteiger charge is -2.10. The van der Waals surface area contributed by atoms with Crippen LogP contribution in [0.15, 0.2) is 35.7 Å². The van der Waals surface area contributed by atoms with Crippen molar-refractivity contribution in [3.63, 3.8) is 0 Å². The van der Waals surface area contributed by atoms with Gasteiger partial charge in [0.2, 0.25) is 0 Å². The zero-order valence-electron chi connectivity index (χ0n) is 14.4. The molecule has 0 unspecified atom stereocenters. The number of aromatic nitrogens is 4. The number of ether oxygens (including phenoxy) is 1. The van der Waals surface area contributed by atoms with Crippen LogP contribution in [0.3, 0.4) is 0 Å². The molecule has 126 valence electrons. The zero-order chi connectivity index (χ0) is 17.7. The van der Waals surface area contributed by atoms with Crippen LogP contribution in [-0.2, 0) is 0 Å². The van der Waals surface area contributed by atoms with Crippen molar-refractivity contribution in [2.24, 2.45) is 0 Å². The second kappa shape index (κ2) is 7.92. The van der Waals surface area contributed by atoms with E-state index < -0.39 is 0 Å². The molecule has 0 saturated heterocycles. The lowest BCUT2D eigenvalue weighted by molar-refractivity contribution is 0.101. The van der Waals surface area contributed by atoms with Crippen molar-refractivity contribution in [1.29, 1.82) is 0 Å². The van der Waals surface area contributed by atoms with Gasteiger partial charge in [-0.3, -0.25) is 4.79 Å². The van der Waals surface area contributed by atoms with Gasteiger partial charge < -0.3 is 4.74 Å². The van der Waals surface area contributed by atoms with Crippen LogP contribution in [0.1, 0.15) is 31.3 Å². The summed E-state index contributed by atoms with van der Waals surface area (Å²) in [7, 11) is 1.57. The van der Waals surface area contributed by atoms with Crippen LogP contribution in [0.25, 0.3) is 16.8 Å². The number of pyridine rings is 1. The maximum atomic E-state index is 11.6. The summed E-state index contributed by atoms with van der Waals surface area (Å²) < 4.78 is 7.13. The second-order valence-electron chi connectivity index (χ2n) is 4.62. The van der Waals surface area contributed by atoms with Crippen LogP contribution in [0.5, 0.6) is 5.75 Å². The van der Waals surface area contributed by atoms with E-state index in [0.29, 0.717) is 11.4 Å². The van der Waals surface area contributed by atoms with Gasteiger partial charge in [0, 0.05) is 12.5 Å². The molecular formula is C17H20N4O2S. The Bertz CT molecular complexity index is 861. The average molecular weight is 344 g/mol. The molecule has 0 aliphatic carbocycles. The highest BCUT2D eigenvalue weighted by molar-refractivity contribution is 7.98. The van der Waals surface area contributed by atoms with Crippen molar-refractivity contribution in [2.45, 2.75) is 25.9 Å². The standard InChI is InChI=1S/C15H14N4O2S.C2H6/c1-9(20)12-7-11(14(21-2)8-16-12)13-6-10-4-5-17-19(10)15(18-13)22-3;1-2/h4-8H,1-3H3;1-2H3. The number of fused-ring (bicyclic) bond motifs is 1. The molecule has 3 aromatic heterocycles. The number of thioether (sulfide) groups is 1. The Hall–Kier alpha value is -2.41. The van der Waals surface area contributed by atoms with Gasteiger partial charge in [-0.1, -0.05) is 25.6 Å². The normalized spacial score (nSPS) is 10.2. The molecule has 3 aromatic rings. The molecule has 0 radical (unpaired) electrons. The van der Waals surface area contributed by atoms with Crippen molar-refractivity contribution in [3.05, 3.63) is 36.3 Å². The van der Waals surface area contributed by atoms with Crippen LogP contribution in [-0.4, -0.2) is 38.7 Å². The van der Waals surface area contributed by atoms with Gasteiger partial charge in [-0.2, -0.15) is 5.10 Å². The third kappa shape index (κ3) is 3.41. The molecule has 0 aliphatic rings. The Morgan fingerprint density at radius 2 is 2.04 bits per heavy atom. The van der Waals surface area contributed by atoms with E-state index in [-0.39, 0.29) is 5.78 Å². The van der Waals surface area contributed by atoms with Crippen molar-refractivity contribution < 1.29 is 9.53 Å². The molecule has 0 aromatic carbocycles. The molecule has 3 heterocycles. The number of methoxy groups -OCH3 is 1. The fourth-order valence-corrected chi connectivity index (χ4v) is 2.69. The molecule has 0 atom stereocenters. The third-order valence-electron chi connectivity index (χ3n) is 3.26. The van der Waals surface area contributed by atoms with E-state index in [1.165, 1.54) is 18.7 Å². The lowest BCUT2D eigenvalue weighted by atomic mass is 10.1. The molecule has 0 bridgehead atoms. The van der Waals surface area contributed by atoms with Gasteiger partial charge in [0.25, 0.3) is 0 Å². The first kappa shape index (κ1) is 17.9. The first-order valence-electron chi connectivity index (χ1n) is 7.58. The number of hydrogen-bond acceptors (Lipinski definition) is 6. The fourth-order valence-electron chi connectivity index (χ4n) is 2.17. The van der Waals surface area contributed by atoms with Crippen LogP contribution < -0.4 is 4.74 Å². The van der Waals surface area contributed by atoms with Crippen molar-refractivity contribution in [3.8, 4) is 17.0 Å². The van der Waals surface area contributed by atoms with Gasteiger partial charge in [0.1, 0.15) is 11.4 Å². The maximum absolute atomic E-state index is 11.6. The topological polar surface area (TPSA) is 69.4 Å². The van der Waals surface area contributed by atoms with Gasteiger partial charge in [-0.05, 0) is 24.5 Å². The van der Waals surface area contributed by atoms with Gasteiger partial charge in [-0.15, -0.1) is 0 Å². The van der Waals surface area contributed by atoms with Gasteiger partial charge in [-0.25, -0.2) is 14.5 Å². The summed E-state index contributed by atoms with van der Waals surface area (Å²) in [6.07, 6.45) is 5.22. The Morgan fingerprint density at radius 1 is 1.29 bits per heavy atom. The maximum Gasteiger partial charge on any atom is 0.189 e. The minimum atomic E-state index is -0.0978. The molecule has 6 nitrogen and oxygen atoms in total.